The molecule has 0 aliphatic rings. The van der Waals surface area contributed by atoms with Crippen molar-refractivity contribution >= 4 is 0 Å². The maximum absolute atomic E-state index is 13.0. The van der Waals surface area contributed by atoms with E-state index in [2.05, 4.69) is 16.3 Å². The van der Waals surface area contributed by atoms with Gasteiger partial charge in [0, 0.05) is 31.6 Å². The van der Waals surface area contributed by atoms with Gasteiger partial charge in [-0.3, -0.25) is 4.39 Å². The maximum Gasteiger partial charge on any atom is 0.125 e. The molecule has 3 nitrogen and oxygen atoms in total. The van der Waals surface area contributed by atoms with Crippen LogP contribution in [0, 0.1) is 18.8 Å². The molecule has 1 heterocycles. The molecular formula is C15H11FIrN3-. The van der Waals surface area contributed by atoms with E-state index in [4.69, 9.17) is 0 Å². The second kappa shape index (κ2) is 6.07. The van der Waals surface area contributed by atoms with Crippen LogP contribution in [0.15, 0.2) is 48.5 Å². The molecule has 103 valence electrons. The van der Waals surface area contributed by atoms with E-state index in [1.807, 2.05) is 41.8 Å². The van der Waals surface area contributed by atoms with Gasteiger partial charge in [-0.25, -0.2) is 0 Å². The molecule has 1 radical (unpaired) electrons. The minimum absolute atomic E-state index is 0. The molecule has 3 aromatic rings. The predicted molar refractivity (Wildman–Crippen MR) is 70.3 cm³/mol. The van der Waals surface area contributed by atoms with Gasteiger partial charge in [0.25, 0.3) is 0 Å². The topological polar surface area (TPSA) is 30.7 Å². The molecule has 3 rings (SSSR count). The van der Waals surface area contributed by atoms with Gasteiger partial charge in [-0.15, -0.1) is 34.9 Å². The van der Waals surface area contributed by atoms with Gasteiger partial charge in [-0.05, 0) is 19.1 Å². The van der Waals surface area contributed by atoms with Crippen LogP contribution in [0.3, 0.4) is 0 Å². The number of rotatable bonds is 2. The molecule has 0 unspecified atom stereocenters. The molecule has 2 aromatic carbocycles. The van der Waals surface area contributed by atoms with E-state index < -0.39 is 0 Å². The molecule has 0 amide bonds. The summed E-state index contributed by atoms with van der Waals surface area (Å²) in [5, 5.41) is 8.24. The van der Waals surface area contributed by atoms with Gasteiger partial charge in [-0.1, -0.05) is 18.2 Å². The van der Waals surface area contributed by atoms with Crippen molar-refractivity contribution in [2.45, 2.75) is 6.92 Å². The Hall–Kier alpha value is -1.84. The fraction of sp³-hybridized carbons (Fsp3) is 0.0667. The van der Waals surface area contributed by atoms with Crippen LogP contribution in [0.5, 0.6) is 0 Å². The summed E-state index contributed by atoms with van der Waals surface area (Å²) < 4.78 is 14.9. The summed E-state index contributed by atoms with van der Waals surface area (Å²) in [6.45, 7) is 1.88. The van der Waals surface area contributed by atoms with Crippen molar-refractivity contribution in [3.05, 3.63) is 66.2 Å². The summed E-state index contributed by atoms with van der Waals surface area (Å²) in [6.07, 6.45) is 0. The van der Waals surface area contributed by atoms with Crippen LogP contribution in [0.4, 0.5) is 4.39 Å². The first-order valence-corrected chi connectivity index (χ1v) is 5.91. The molecule has 20 heavy (non-hydrogen) atoms. The summed E-state index contributed by atoms with van der Waals surface area (Å²) in [6, 6.07) is 17.0. The van der Waals surface area contributed by atoms with Gasteiger partial charge in [0.2, 0.25) is 0 Å². The van der Waals surface area contributed by atoms with E-state index in [1.165, 1.54) is 12.1 Å². The van der Waals surface area contributed by atoms with E-state index in [0.29, 0.717) is 11.4 Å². The molecule has 0 fully saturated rings. The number of para-hydroxylation sites is 1. The molecule has 1 aromatic heterocycles. The standard InChI is InChI=1S/C15H11FN3.Ir/c1-11-17-18-15(12-7-9-13(16)10-8-12)19(11)14-5-3-2-4-6-14;/h2-7,9-10H,1H3;/q-1;. The van der Waals surface area contributed by atoms with Crippen molar-refractivity contribution in [2.24, 2.45) is 0 Å². The van der Waals surface area contributed by atoms with Crippen molar-refractivity contribution in [1.82, 2.24) is 14.8 Å². The zero-order valence-corrected chi connectivity index (χ0v) is 13.1. The van der Waals surface area contributed by atoms with Crippen molar-refractivity contribution in [3.63, 3.8) is 0 Å². The molecular weight excluding hydrogens is 433 g/mol. The van der Waals surface area contributed by atoms with Crippen LogP contribution in [-0.2, 0) is 20.1 Å². The van der Waals surface area contributed by atoms with Crippen molar-refractivity contribution in [1.29, 1.82) is 0 Å². The second-order valence-electron chi connectivity index (χ2n) is 4.16. The third kappa shape index (κ3) is 2.69. The second-order valence-corrected chi connectivity index (χ2v) is 4.16. The Morgan fingerprint density at radius 1 is 1.05 bits per heavy atom. The minimum atomic E-state index is -0.314. The molecule has 0 aliphatic heterocycles. The van der Waals surface area contributed by atoms with Crippen LogP contribution < -0.4 is 0 Å². The van der Waals surface area contributed by atoms with Crippen LogP contribution in [0.25, 0.3) is 17.1 Å². The summed E-state index contributed by atoms with van der Waals surface area (Å²) in [5.74, 6) is 1.12. The Morgan fingerprint density at radius 2 is 1.80 bits per heavy atom. The molecule has 0 atom stereocenters. The van der Waals surface area contributed by atoms with Crippen molar-refractivity contribution in [3.8, 4) is 17.1 Å². The van der Waals surface area contributed by atoms with Gasteiger partial charge in [0.1, 0.15) is 5.82 Å². The summed E-state index contributed by atoms with van der Waals surface area (Å²) in [4.78, 5) is 0. The molecule has 0 saturated carbocycles. The van der Waals surface area contributed by atoms with Gasteiger partial charge in [-0.2, -0.15) is 5.10 Å². The molecule has 0 aliphatic carbocycles. The number of hydrogen-bond acceptors (Lipinski definition) is 2. The first kappa shape index (κ1) is 14.6. The minimum Gasteiger partial charge on any atom is -0.320 e. The largest absolute Gasteiger partial charge is 0.320 e. The van der Waals surface area contributed by atoms with E-state index in [1.54, 1.807) is 6.07 Å². The third-order valence-corrected chi connectivity index (χ3v) is 2.85. The third-order valence-electron chi connectivity index (χ3n) is 2.85. The van der Waals surface area contributed by atoms with Gasteiger partial charge >= 0.3 is 0 Å². The quantitative estimate of drug-likeness (QED) is 0.569. The first-order chi connectivity index (χ1) is 9.25. The number of aryl methyl sites for hydroxylation is 1. The Morgan fingerprint density at radius 3 is 2.45 bits per heavy atom. The Balaban J connectivity index is 0.00000147. The van der Waals surface area contributed by atoms with Crippen LogP contribution >= 0.6 is 0 Å². The van der Waals surface area contributed by atoms with Crippen molar-refractivity contribution < 1.29 is 24.5 Å². The number of benzene rings is 2. The van der Waals surface area contributed by atoms with E-state index in [0.717, 1.165) is 11.5 Å². The van der Waals surface area contributed by atoms with Gasteiger partial charge in [0.05, 0.1) is 5.82 Å². The van der Waals surface area contributed by atoms with Crippen LogP contribution in [0.2, 0.25) is 0 Å². The number of aromatic nitrogens is 3. The summed E-state index contributed by atoms with van der Waals surface area (Å²) >= 11 is 0. The summed E-state index contributed by atoms with van der Waals surface area (Å²) in [7, 11) is 0. The average Bonchev–Trinajstić information content (AvgIpc) is 2.82. The maximum atomic E-state index is 13.0. The fourth-order valence-electron chi connectivity index (χ4n) is 1.97. The molecule has 0 bridgehead atoms. The van der Waals surface area contributed by atoms with Crippen LogP contribution in [0.1, 0.15) is 5.82 Å². The van der Waals surface area contributed by atoms with E-state index in [9.17, 15) is 4.39 Å². The molecule has 0 N–H and O–H groups in total. The molecule has 5 heteroatoms. The first-order valence-electron chi connectivity index (χ1n) is 5.91. The number of nitrogens with zero attached hydrogens (tertiary/aromatic N) is 3. The van der Waals surface area contributed by atoms with E-state index >= 15 is 0 Å². The number of hydrogen-bond donors (Lipinski definition) is 0. The Labute approximate surface area is 129 Å². The van der Waals surface area contributed by atoms with E-state index in [-0.39, 0.29) is 25.9 Å². The van der Waals surface area contributed by atoms with Crippen molar-refractivity contribution in [2.75, 3.05) is 0 Å². The monoisotopic (exact) mass is 445 g/mol. The van der Waals surface area contributed by atoms with Gasteiger partial charge < -0.3 is 4.57 Å². The fourth-order valence-corrected chi connectivity index (χ4v) is 1.97. The molecule has 0 saturated heterocycles. The Bertz CT molecular complexity index is 693. The zero-order valence-electron chi connectivity index (χ0n) is 10.7. The predicted octanol–water partition coefficient (Wildman–Crippen LogP) is 3.18. The smallest absolute Gasteiger partial charge is 0.125 e. The SMILES string of the molecule is Cc1nnc(-c2[c-]cc(F)cc2)n1-c1ccccc1.[Ir]. The van der Waals surface area contributed by atoms with Gasteiger partial charge in [0.15, 0.2) is 0 Å². The number of halogens is 1. The Kier molecular flexibility index (Phi) is 4.42. The average molecular weight is 444 g/mol. The normalized spacial score (nSPS) is 10.1. The van der Waals surface area contributed by atoms with Crippen LogP contribution in [-0.4, -0.2) is 14.8 Å². The zero-order chi connectivity index (χ0) is 13.2. The molecule has 0 spiro atoms. The summed E-state index contributed by atoms with van der Waals surface area (Å²) in [5.41, 5.74) is 1.68.